The smallest absolute Gasteiger partial charge is 0.360 e. The number of ether oxygens (including phenoxy) is 2. The number of fused-ring (bicyclic) bond motifs is 1. The van der Waals surface area contributed by atoms with E-state index in [0.717, 1.165) is 28.2 Å². The highest BCUT2D eigenvalue weighted by atomic mass is 35.5. The molecule has 0 fully saturated rings. The number of esters is 1. The maximum Gasteiger partial charge on any atom is 0.360 e. The fourth-order valence-corrected chi connectivity index (χ4v) is 7.73. The first-order chi connectivity index (χ1) is 23.9. The van der Waals surface area contributed by atoms with E-state index in [1.807, 2.05) is 0 Å². The molecule has 3 aromatic rings. The van der Waals surface area contributed by atoms with Gasteiger partial charge >= 0.3 is 5.97 Å². The molecule has 0 radical (unpaired) electrons. The lowest BCUT2D eigenvalue weighted by Gasteiger charge is -2.31. The normalized spacial score (nSPS) is 14.1. The van der Waals surface area contributed by atoms with Crippen molar-refractivity contribution in [3.63, 3.8) is 0 Å². The first-order valence-electron chi connectivity index (χ1n) is 16.8. The number of carbonyl (C=O) groups excluding carboxylic acids is 2. The minimum Gasteiger partial charge on any atom is -0.491 e. The van der Waals surface area contributed by atoms with Crippen LogP contribution in [0.5, 0.6) is 5.75 Å². The molecule has 1 aliphatic rings. The number of carbonyl (C=O) groups is 2. The Balaban J connectivity index is 1.60. The SMILES string of the molecule is CCCCCCCCCCCCOc1ccc(Cl)cc1NC(=O)C(C1=Nc2c(Cl)cc(Cl)cc2S(=O)(=O)N1C)n1nnc(C(=O)OCC)c1C. The van der Waals surface area contributed by atoms with E-state index in [-0.39, 0.29) is 50.1 Å². The summed E-state index contributed by atoms with van der Waals surface area (Å²) in [5.41, 5.74) is 0.123. The standard InChI is InChI=1S/C34H43Cl3N6O6S/c1-5-7-8-9-10-11-12-13-14-15-18-49-27-17-16-23(35)20-26(27)38-33(44)31(43-22(3)29(40-41-43)34(45)48-6-2)32-39-30-25(37)19-24(36)21-28(30)50(46,47)42(32)4/h16-17,19-21,31H,5-15,18H2,1-4H3,(H,38,44). The van der Waals surface area contributed by atoms with Gasteiger partial charge in [0.1, 0.15) is 16.3 Å². The van der Waals surface area contributed by atoms with E-state index in [4.69, 9.17) is 44.3 Å². The lowest BCUT2D eigenvalue weighted by atomic mass is 10.1. The number of halogens is 3. The summed E-state index contributed by atoms with van der Waals surface area (Å²) in [4.78, 5) is 31.3. The van der Waals surface area contributed by atoms with Crippen molar-refractivity contribution in [2.45, 2.75) is 95.9 Å². The number of sulfonamides is 1. The third kappa shape index (κ3) is 9.48. The van der Waals surface area contributed by atoms with Gasteiger partial charge in [0.25, 0.3) is 15.9 Å². The first kappa shape index (κ1) is 39.4. The second kappa shape index (κ2) is 18.2. The van der Waals surface area contributed by atoms with Crippen LogP contribution in [-0.4, -0.2) is 65.7 Å². The molecule has 2 heterocycles. The predicted octanol–water partition coefficient (Wildman–Crippen LogP) is 8.57. The predicted molar refractivity (Wildman–Crippen MR) is 196 cm³/mol. The number of amides is 1. The molecule has 1 unspecified atom stereocenters. The number of unbranched alkanes of at least 4 members (excludes halogenated alkanes) is 9. The summed E-state index contributed by atoms with van der Waals surface area (Å²) in [6.45, 7) is 5.86. The molecule has 272 valence electrons. The molecule has 1 atom stereocenters. The molecule has 12 nitrogen and oxygen atoms in total. The number of nitrogens with zero attached hydrogens (tertiary/aromatic N) is 5. The molecule has 16 heteroatoms. The van der Waals surface area contributed by atoms with Crippen molar-refractivity contribution < 1.29 is 27.5 Å². The molecule has 0 saturated carbocycles. The molecule has 0 saturated heterocycles. The number of amidine groups is 1. The van der Waals surface area contributed by atoms with Gasteiger partial charge in [-0.05, 0) is 50.6 Å². The Labute approximate surface area is 308 Å². The van der Waals surface area contributed by atoms with Crippen LogP contribution in [0.2, 0.25) is 15.1 Å². The number of likely N-dealkylation sites (N-methyl/N-ethyl adjacent to an activating group) is 1. The van der Waals surface area contributed by atoms with Crippen molar-refractivity contribution in [2.24, 2.45) is 4.99 Å². The maximum absolute atomic E-state index is 14.3. The summed E-state index contributed by atoms with van der Waals surface area (Å²) < 4.78 is 40.6. The van der Waals surface area contributed by atoms with Gasteiger partial charge in [-0.1, -0.05) is 105 Å². The number of aliphatic imine (C=N–C) groups is 1. The molecular weight excluding hydrogens is 727 g/mol. The fourth-order valence-electron chi connectivity index (χ4n) is 5.55. The van der Waals surface area contributed by atoms with Gasteiger partial charge in [0.15, 0.2) is 17.6 Å². The van der Waals surface area contributed by atoms with Crippen molar-refractivity contribution >= 4 is 73.9 Å². The number of nitrogens with one attached hydrogen (secondary N) is 1. The number of hydrogen-bond donors (Lipinski definition) is 1. The van der Waals surface area contributed by atoms with Crippen LogP contribution < -0.4 is 10.1 Å². The van der Waals surface area contributed by atoms with Gasteiger partial charge in [0.05, 0.1) is 29.6 Å². The minimum absolute atomic E-state index is 0.0409. The Kier molecular flexibility index (Phi) is 14.3. The second-order valence-corrected chi connectivity index (χ2v) is 15.1. The molecular formula is C34H43Cl3N6O6S. The number of rotatable bonds is 18. The average molecular weight is 770 g/mol. The van der Waals surface area contributed by atoms with E-state index in [2.05, 4.69) is 27.5 Å². The largest absolute Gasteiger partial charge is 0.491 e. The third-order valence-electron chi connectivity index (χ3n) is 8.27. The van der Waals surface area contributed by atoms with E-state index in [1.165, 1.54) is 77.1 Å². The first-order valence-corrected chi connectivity index (χ1v) is 19.4. The zero-order valence-electron chi connectivity index (χ0n) is 28.7. The van der Waals surface area contributed by atoms with Crippen LogP contribution >= 0.6 is 34.8 Å². The summed E-state index contributed by atoms with van der Waals surface area (Å²) in [6, 6.07) is 5.83. The Morgan fingerprint density at radius 1 is 0.920 bits per heavy atom. The molecule has 2 aromatic carbocycles. The third-order valence-corrected chi connectivity index (χ3v) is 10.8. The molecule has 50 heavy (non-hydrogen) atoms. The lowest BCUT2D eigenvalue weighted by molar-refractivity contribution is -0.118. The van der Waals surface area contributed by atoms with Crippen LogP contribution in [0.25, 0.3) is 0 Å². The average Bonchev–Trinajstić information content (AvgIpc) is 3.44. The van der Waals surface area contributed by atoms with Crippen LogP contribution in [0, 0.1) is 6.92 Å². The summed E-state index contributed by atoms with van der Waals surface area (Å²) in [5.74, 6) is -1.43. The van der Waals surface area contributed by atoms with Crippen LogP contribution in [0.1, 0.15) is 100 Å². The number of benzene rings is 2. The Morgan fingerprint density at radius 3 is 2.24 bits per heavy atom. The van der Waals surface area contributed by atoms with Gasteiger partial charge < -0.3 is 14.8 Å². The Morgan fingerprint density at radius 2 is 1.58 bits per heavy atom. The fraction of sp³-hybridized carbons (Fsp3) is 0.500. The summed E-state index contributed by atoms with van der Waals surface area (Å²) >= 11 is 18.9. The van der Waals surface area contributed by atoms with Crippen molar-refractivity contribution in [2.75, 3.05) is 25.6 Å². The topological polar surface area (TPSA) is 145 Å². The molecule has 0 aliphatic carbocycles. The van der Waals surface area contributed by atoms with Gasteiger partial charge in [-0.25, -0.2) is 22.9 Å². The van der Waals surface area contributed by atoms with Crippen LogP contribution in [0.4, 0.5) is 11.4 Å². The Bertz CT molecular complexity index is 1820. The molecule has 0 bridgehead atoms. The van der Waals surface area contributed by atoms with E-state index in [9.17, 15) is 18.0 Å². The maximum atomic E-state index is 14.3. The van der Waals surface area contributed by atoms with E-state index in [0.29, 0.717) is 17.4 Å². The number of aromatic nitrogens is 3. The quantitative estimate of drug-likeness (QED) is 0.100. The lowest BCUT2D eigenvalue weighted by Crippen LogP contribution is -2.45. The van der Waals surface area contributed by atoms with Gasteiger partial charge in [0, 0.05) is 17.1 Å². The molecule has 0 spiro atoms. The highest BCUT2D eigenvalue weighted by Gasteiger charge is 2.42. The summed E-state index contributed by atoms with van der Waals surface area (Å²) in [5, 5.41) is 11.2. The van der Waals surface area contributed by atoms with Crippen molar-refractivity contribution in [3.8, 4) is 5.75 Å². The van der Waals surface area contributed by atoms with E-state index in [1.54, 1.807) is 19.1 Å². The zero-order valence-corrected chi connectivity index (χ0v) is 31.8. The monoisotopic (exact) mass is 768 g/mol. The van der Waals surface area contributed by atoms with Gasteiger partial charge in [-0.15, -0.1) is 5.10 Å². The zero-order chi connectivity index (χ0) is 36.4. The van der Waals surface area contributed by atoms with E-state index < -0.39 is 27.9 Å². The van der Waals surface area contributed by atoms with Crippen molar-refractivity contribution in [1.82, 2.24) is 19.3 Å². The van der Waals surface area contributed by atoms with Gasteiger partial charge in [-0.2, -0.15) is 0 Å². The van der Waals surface area contributed by atoms with Gasteiger partial charge in [0.2, 0.25) is 0 Å². The Hall–Kier alpha value is -3.39. The number of anilines is 1. The highest BCUT2D eigenvalue weighted by Crippen LogP contribution is 2.41. The van der Waals surface area contributed by atoms with Crippen molar-refractivity contribution in [1.29, 1.82) is 0 Å². The summed E-state index contributed by atoms with van der Waals surface area (Å²) in [7, 11) is -3.05. The van der Waals surface area contributed by atoms with Crippen LogP contribution in [-0.2, 0) is 19.6 Å². The molecule has 1 N–H and O–H groups in total. The minimum atomic E-state index is -4.29. The van der Waals surface area contributed by atoms with Crippen LogP contribution in [0.3, 0.4) is 0 Å². The second-order valence-electron chi connectivity index (χ2n) is 11.9. The molecule has 1 amide bonds. The number of hydrogen-bond acceptors (Lipinski definition) is 9. The summed E-state index contributed by atoms with van der Waals surface area (Å²) in [6.07, 6.45) is 11.8. The molecule has 4 rings (SSSR count). The van der Waals surface area contributed by atoms with Crippen molar-refractivity contribution in [3.05, 3.63) is 56.8 Å². The van der Waals surface area contributed by atoms with Crippen LogP contribution in [0.15, 0.2) is 40.2 Å². The highest BCUT2D eigenvalue weighted by molar-refractivity contribution is 7.90. The van der Waals surface area contributed by atoms with Gasteiger partial charge in [-0.3, -0.25) is 9.10 Å². The molecule has 1 aliphatic heterocycles. The van der Waals surface area contributed by atoms with E-state index >= 15 is 0 Å². The molecule has 1 aromatic heterocycles.